The topological polar surface area (TPSA) is 78.0 Å². The van der Waals surface area contributed by atoms with E-state index in [2.05, 4.69) is 54.9 Å². The predicted molar refractivity (Wildman–Crippen MR) is 142 cm³/mol. The summed E-state index contributed by atoms with van der Waals surface area (Å²) in [5, 5.41) is 10.3. The molecule has 2 atom stereocenters. The number of nitrogens with zero attached hydrogens (tertiary/aromatic N) is 4. The Morgan fingerprint density at radius 2 is 1.91 bits per heavy atom. The number of nitrogens with one attached hydrogen (secondary N) is 3. The molecule has 0 spiro atoms. The molecule has 0 bridgehead atoms. The van der Waals surface area contributed by atoms with E-state index in [4.69, 9.17) is 0 Å². The summed E-state index contributed by atoms with van der Waals surface area (Å²) in [5.74, 6) is 1.72. The molecule has 1 fully saturated rings. The normalized spacial score (nSPS) is 23.9. The molecule has 35 heavy (non-hydrogen) atoms. The first-order valence-electron chi connectivity index (χ1n) is 13.2. The van der Waals surface area contributed by atoms with E-state index in [1.54, 1.807) is 6.08 Å². The van der Waals surface area contributed by atoms with Crippen molar-refractivity contribution in [3.05, 3.63) is 47.1 Å². The Hall–Kier alpha value is -2.58. The zero-order valence-corrected chi connectivity index (χ0v) is 21.2. The average Bonchev–Trinajstić information content (AvgIpc) is 3.04. The summed E-state index contributed by atoms with van der Waals surface area (Å²) in [7, 11) is 0. The Morgan fingerprint density at radius 1 is 1.09 bits per heavy atom. The molecule has 1 aliphatic carbocycles. The molecule has 190 valence electrons. The Morgan fingerprint density at radius 3 is 2.74 bits per heavy atom. The van der Waals surface area contributed by atoms with E-state index in [1.165, 1.54) is 37.9 Å². The molecule has 0 radical (unpaired) electrons. The molecule has 4 rings (SSSR count). The predicted octanol–water partition coefficient (Wildman–Crippen LogP) is 5.06. The van der Waals surface area contributed by atoms with Crippen molar-refractivity contribution >= 4 is 18.0 Å². The van der Waals surface area contributed by atoms with E-state index >= 15 is 0 Å². The van der Waals surface area contributed by atoms with Crippen molar-refractivity contribution in [2.24, 2.45) is 5.92 Å². The van der Waals surface area contributed by atoms with Crippen molar-refractivity contribution < 1.29 is 4.39 Å². The van der Waals surface area contributed by atoms with Gasteiger partial charge in [0, 0.05) is 13.0 Å². The number of halogens is 1. The monoisotopic (exact) mass is 481 g/mol. The number of hydrogen-bond donors (Lipinski definition) is 3. The van der Waals surface area contributed by atoms with Gasteiger partial charge < -0.3 is 15.5 Å². The van der Waals surface area contributed by atoms with Crippen LogP contribution in [0.15, 0.2) is 41.3 Å². The molecule has 3 N–H and O–H groups in total. The van der Waals surface area contributed by atoms with Gasteiger partial charge >= 0.3 is 0 Å². The third kappa shape index (κ3) is 8.54. The van der Waals surface area contributed by atoms with E-state index in [-0.39, 0.29) is 17.9 Å². The second-order valence-electron chi connectivity index (χ2n) is 9.99. The fraction of sp³-hybridized carbons (Fsp3) is 0.593. The second kappa shape index (κ2) is 12.9. The highest BCUT2D eigenvalue weighted by Gasteiger charge is 2.14. The minimum absolute atomic E-state index is 0.0254. The lowest BCUT2D eigenvalue weighted by Crippen LogP contribution is -2.35. The lowest BCUT2D eigenvalue weighted by atomic mass is 9.97. The van der Waals surface area contributed by atoms with Gasteiger partial charge in [-0.3, -0.25) is 5.32 Å². The maximum absolute atomic E-state index is 13.9. The van der Waals surface area contributed by atoms with Crippen molar-refractivity contribution in [2.45, 2.75) is 65.0 Å². The van der Waals surface area contributed by atoms with Crippen LogP contribution in [-0.2, 0) is 0 Å². The van der Waals surface area contributed by atoms with Crippen molar-refractivity contribution in [2.75, 3.05) is 43.4 Å². The van der Waals surface area contributed by atoms with Gasteiger partial charge in [-0.1, -0.05) is 31.1 Å². The van der Waals surface area contributed by atoms with Gasteiger partial charge in [0.05, 0.1) is 6.17 Å². The second-order valence-corrected chi connectivity index (χ2v) is 9.99. The first kappa shape index (κ1) is 25.5. The summed E-state index contributed by atoms with van der Waals surface area (Å²) in [5.41, 5.74) is 2.20. The van der Waals surface area contributed by atoms with Gasteiger partial charge in [-0.2, -0.15) is 15.0 Å². The van der Waals surface area contributed by atoms with E-state index in [9.17, 15) is 4.39 Å². The zero-order valence-electron chi connectivity index (χ0n) is 21.2. The minimum atomic E-state index is -0.0877. The maximum atomic E-state index is 13.9. The molecule has 1 aromatic heterocycles. The largest absolute Gasteiger partial charge is 0.354 e. The van der Waals surface area contributed by atoms with Gasteiger partial charge in [0.25, 0.3) is 0 Å². The highest BCUT2D eigenvalue weighted by atomic mass is 19.1. The maximum Gasteiger partial charge on any atom is 0.229 e. The van der Waals surface area contributed by atoms with Crippen molar-refractivity contribution in [1.82, 2.24) is 25.2 Å². The van der Waals surface area contributed by atoms with Crippen LogP contribution in [0.2, 0.25) is 0 Å². The van der Waals surface area contributed by atoms with Crippen LogP contribution in [0.25, 0.3) is 6.08 Å². The highest BCUT2D eigenvalue weighted by molar-refractivity contribution is 5.53. The van der Waals surface area contributed by atoms with E-state index < -0.39 is 0 Å². The van der Waals surface area contributed by atoms with Gasteiger partial charge in [0.15, 0.2) is 5.82 Å². The number of allylic oxidation sites excluding steroid dienone is 6. The Bertz CT molecular complexity index is 962. The smallest absolute Gasteiger partial charge is 0.229 e. The van der Waals surface area contributed by atoms with Gasteiger partial charge in [0.1, 0.15) is 5.83 Å². The quantitative estimate of drug-likeness (QED) is 0.336. The van der Waals surface area contributed by atoms with Crippen molar-refractivity contribution in [1.29, 1.82) is 0 Å². The molecule has 2 aliphatic heterocycles. The van der Waals surface area contributed by atoms with E-state index in [1.807, 2.05) is 19.1 Å². The lowest BCUT2D eigenvalue weighted by Gasteiger charge is -2.26. The fourth-order valence-corrected chi connectivity index (χ4v) is 4.84. The Kier molecular flexibility index (Phi) is 9.42. The first-order chi connectivity index (χ1) is 17.0. The standard InChI is InChI=1S/C27H40FN7/c1-20-8-6-11-29-25(18-20)33-27-32-24(10-9-22-16-21(2)17-23(28)19-22)31-26(34-27)30-12-7-15-35-13-4-3-5-14-35/h9-10,16,18-19,21,25,29H,3-8,11-15,17H2,1-2H3,(H2,30,31,32,33,34). The summed E-state index contributed by atoms with van der Waals surface area (Å²) < 4.78 is 13.9. The van der Waals surface area contributed by atoms with Crippen molar-refractivity contribution in [3.63, 3.8) is 0 Å². The minimum Gasteiger partial charge on any atom is -0.354 e. The van der Waals surface area contributed by atoms with Crippen LogP contribution < -0.4 is 16.0 Å². The van der Waals surface area contributed by atoms with Gasteiger partial charge in [-0.15, -0.1) is 0 Å². The van der Waals surface area contributed by atoms with Gasteiger partial charge in [0.2, 0.25) is 11.9 Å². The van der Waals surface area contributed by atoms with Crippen LogP contribution in [-0.4, -0.2) is 58.7 Å². The zero-order chi connectivity index (χ0) is 24.5. The average molecular weight is 482 g/mol. The lowest BCUT2D eigenvalue weighted by molar-refractivity contribution is 0.228. The number of anilines is 2. The summed E-state index contributed by atoms with van der Waals surface area (Å²) in [4.78, 5) is 16.4. The van der Waals surface area contributed by atoms with Gasteiger partial charge in [-0.25, -0.2) is 4.39 Å². The third-order valence-corrected chi connectivity index (χ3v) is 6.63. The SMILES string of the molecule is CC1=CC(Nc2nc(C=CC3=CC(C)CC(F)=C3)nc(NCCCN3CCCCC3)n2)NCCC1. The molecule has 0 amide bonds. The fourth-order valence-electron chi connectivity index (χ4n) is 4.84. The number of likely N-dealkylation sites (tertiary alicyclic amines) is 1. The Labute approximate surface area is 209 Å². The van der Waals surface area contributed by atoms with E-state index in [0.717, 1.165) is 44.5 Å². The van der Waals surface area contributed by atoms with Crippen LogP contribution in [0, 0.1) is 5.92 Å². The number of rotatable bonds is 9. The number of piperidine rings is 1. The molecule has 2 unspecified atom stereocenters. The van der Waals surface area contributed by atoms with Crippen LogP contribution in [0.1, 0.15) is 64.6 Å². The third-order valence-electron chi connectivity index (χ3n) is 6.63. The summed E-state index contributed by atoms with van der Waals surface area (Å²) in [6, 6.07) is 0. The Balaban J connectivity index is 1.45. The van der Waals surface area contributed by atoms with E-state index in [0.29, 0.717) is 24.1 Å². The molecule has 1 aromatic rings. The molecule has 8 heteroatoms. The molecule has 3 aliphatic rings. The van der Waals surface area contributed by atoms with Crippen LogP contribution in [0.5, 0.6) is 0 Å². The highest BCUT2D eigenvalue weighted by Crippen LogP contribution is 2.24. The van der Waals surface area contributed by atoms with Crippen LogP contribution in [0.3, 0.4) is 0 Å². The summed E-state index contributed by atoms with van der Waals surface area (Å²) in [6.07, 6.45) is 17.2. The molecule has 0 saturated carbocycles. The molecule has 1 saturated heterocycles. The first-order valence-corrected chi connectivity index (χ1v) is 13.2. The van der Waals surface area contributed by atoms with Crippen LogP contribution in [0.4, 0.5) is 16.3 Å². The summed E-state index contributed by atoms with van der Waals surface area (Å²) in [6.45, 7) is 9.43. The van der Waals surface area contributed by atoms with Gasteiger partial charge in [-0.05, 0) is 94.9 Å². The summed E-state index contributed by atoms with van der Waals surface area (Å²) >= 11 is 0. The van der Waals surface area contributed by atoms with Crippen molar-refractivity contribution in [3.8, 4) is 0 Å². The molecule has 0 aromatic carbocycles. The molecular weight excluding hydrogens is 441 g/mol. The molecular formula is C27H40FN7. The number of hydrogen-bond acceptors (Lipinski definition) is 7. The van der Waals surface area contributed by atoms with Crippen LogP contribution >= 0.6 is 0 Å². The number of aromatic nitrogens is 3. The molecule has 7 nitrogen and oxygen atoms in total. The molecule has 3 heterocycles.